The van der Waals surface area contributed by atoms with Gasteiger partial charge >= 0.3 is 0 Å². The van der Waals surface area contributed by atoms with Crippen LogP contribution in [0.5, 0.6) is 0 Å². The van der Waals surface area contributed by atoms with Crippen LogP contribution in [-0.4, -0.2) is 59.5 Å². The molecule has 1 aromatic heterocycles. The van der Waals surface area contributed by atoms with E-state index in [4.69, 9.17) is 4.74 Å². The summed E-state index contributed by atoms with van der Waals surface area (Å²) in [6.07, 6.45) is 5.81. The van der Waals surface area contributed by atoms with Gasteiger partial charge in [-0.15, -0.1) is 0 Å². The molecule has 4 rings (SSSR count). The van der Waals surface area contributed by atoms with E-state index in [1.54, 1.807) is 12.3 Å². The number of amides is 1. The molecule has 2 aromatic rings. The number of aromatic nitrogens is 2. The van der Waals surface area contributed by atoms with Crippen molar-refractivity contribution in [3.63, 3.8) is 0 Å². The number of piperidine rings is 1. The Labute approximate surface area is 164 Å². The molecule has 2 aliphatic rings. The Morgan fingerprint density at radius 3 is 2.89 bits per heavy atom. The fourth-order valence-corrected chi connectivity index (χ4v) is 4.32. The number of hydrogen-bond donors (Lipinski definition) is 1. The number of ether oxygens (including phenoxy) is 1. The van der Waals surface area contributed by atoms with Crippen molar-refractivity contribution in [2.45, 2.75) is 38.3 Å². The molecule has 28 heavy (non-hydrogen) atoms. The van der Waals surface area contributed by atoms with Crippen LogP contribution in [-0.2, 0) is 16.1 Å². The van der Waals surface area contributed by atoms with Gasteiger partial charge < -0.3 is 10.1 Å². The maximum atomic E-state index is 12.6. The minimum Gasteiger partial charge on any atom is -0.381 e. The van der Waals surface area contributed by atoms with Crippen molar-refractivity contribution in [1.82, 2.24) is 20.0 Å². The zero-order chi connectivity index (χ0) is 19.3. The molecule has 0 aliphatic carbocycles. The molecule has 150 valence electrons. The number of nitrogens with one attached hydrogen (secondary N) is 1. The Morgan fingerprint density at radius 1 is 1.21 bits per heavy atom. The largest absolute Gasteiger partial charge is 0.381 e. The Kier molecular flexibility index (Phi) is 6.02. The van der Waals surface area contributed by atoms with E-state index in [1.807, 2.05) is 18.2 Å². The SMILES string of the molecule is O=C(NCCn1ncc2ccccc2c1=O)[C@@H]1CCCN(C2CCOCC2)C1. The molecule has 1 aromatic carbocycles. The highest BCUT2D eigenvalue weighted by Gasteiger charge is 2.30. The van der Waals surface area contributed by atoms with E-state index in [-0.39, 0.29) is 17.4 Å². The molecule has 7 heteroatoms. The third-order valence-corrected chi connectivity index (χ3v) is 5.92. The minimum absolute atomic E-state index is 0.0258. The second-order valence-electron chi connectivity index (χ2n) is 7.73. The van der Waals surface area contributed by atoms with Gasteiger partial charge in [-0.3, -0.25) is 14.5 Å². The lowest BCUT2D eigenvalue weighted by atomic mass is 9.94. The molecule has 2 fully saturated rings. The highest BCUT2D eigenvalue weighted by atomic mass is 16.5. The van der Waals surface area contributed by atoms with Crippen LogP contribution in [0, 0.1) is 5.92 Å². The minimum atomic E-state index is -0.115. The van der Waals surface area contributed by atoms with Gasteiger partial charge in [0.2, 0.25) is 5.91 Å². The highest BCUT2D eigenvalue weighted by Crippen LogP contribution is 2.23. The molecule has 0 spiro atoms. The molecular weight excluding hydrogens is 356 g/mol. The number of carbonyl (C=O) groups excluding carboxylic acids is 1. The maximum absolute atomic E-state index is 12.6. The lowest BCUT2D eigenvalue weighted by Crippen LogP contribution is -2.49. The Balaban J connectivity index is 1.30. The smallest absolute Gasteiger partial charge is 0.274 e. The van der Waals surface area contributed by atoms with Gasteiger partial charge in [0, 0.05) is 37.7 Å². The predicted molar refractivity (Wildman–Crippen MR) is 107 cm³/mol. The van der Waals surface area contributed by atoms with Crippen LogP contribution in [0.25, 0.3) is 10.8 Å². The molecule has 0 radical (unpaired) electrons. The van der Waals surface area contributed by atoms with Gasteiger partial charge in [0.05, 0.1) is 24.0 Å². The summed E-state index contributed by atoms with van der Waals surface area (Å²) in [5.41, 5.74) is -0.115. The lowest BCUT2D eigenvalue weighted by Gasteiger charge is -2.39. The van der Waals surface area contributed by atoms with Crippen molar-refractivity contribution in [2.75, 3.05) is 32.8 Å². The third kappa shape index (κ3) is 4.25. The van der Waals surface area contributed by atoms with Gasteiger partial charge in [0.1, 0.15) is 0 Å². The molecule has 1 N–H and O–H groups in total. The number of benzene rings is 1. The Bertz CT molecular complexity index is 875. The van der Waals surface area contributed by atoms with Gasteiger partial charge in [-0.1, -0.05) is 18.2 Å². The molecule has 2 aliphatic heterocycles. The van der Waals surface area contributed by atoms with Gasteiger partial charge in [-0.05, 0) is 38.3 Å². The standard InChI is InChI=1S/C21H28N4O3/c26-20(17-5-3-10-24(15-17)18-7-12-28-13-8-18)22-9-11-25-21(27)19-6-2-1-4-16(19)14-23-25/h1-2,4,6,14,17-18H,3,5,7-13,15H2,(H,22,26)/t17-/m1/s1. The lowest BCUT2D eigenvalue weighted by molar-refractivity contribution is -0.127. The van der Waals surface area contributed by atoms with E-state index < -0.39 is 0 Å². The molecule has 3 heterocycles. The normalized spacial score (nSPS) is 21.6. The van der Waals surface area contributed by atoms with Gasteiger partial charge in [-0.25, -0.2) is 4.68 Å². The predicted octanol–water partition coefficient (Wildman–Crippen LogP) is 1.40. The first-order valence-electron chi connectivity index (χ1n) is 10.3. The molecular formula is C21H28N4O3. The number of likely N-dealkylation sites (tertiary alicyclic amines) is 1. The second-order valence-corrected chi connectivity index (χ2v) is 7.73. The zero-order valence-corrected chi connectivity index (χ0v) is 16.2. The van der Waals surface area contributed by atoms with Crippen LogP contribution < -0.4 is 10.9 Å². The molecule has 7 nitrogen and oxygen atoms in total. The maximum Gasteiger partial charge on any atom is 0.274 e. The van der Waals surface area contributed by atoms with Gasteiger partial charge in [0.25, 0.3) is 5.56 Å². The number of nitrogens with zero attached hydrogens (tertiary/aromatic N) is 3. The van der Waals surface area contributed by atoms with E-state index in [0.717, 1.165) is 57.4 Å². The first-order valence-corrected chi connectivity index (χ1v) is 10.3. The van der Waals surface area contributed by atoms with Crippen LogP contribution >= 0.6 is 0 Å². The summed E-state index contributed by atoms with van der Waals surface area (Å²) in [4.78, 5) is 27.6. The summed E-state index contributed by atoms with van der Waals surface area (Å²) in [5.74, 6) is 0.114. The quantitative estimate of drug-likeness (QED) is 0.843. The van der Waals surface area contributed by atoms with Gasteiger partial charge in [-0.2, -0.15) is 5.10 Å². The molecule has 0 unspecified atom stereocenters. The summed E-state index contributed by atoms with van der Waals surface area (Å²) in [6.45, 7) is 4.34. The van der Waals surface area contributed by atoms with Crippen LogP contribution in [0.4, 0.5) is 0 Å². The molecule has 0 bridgehead atoms. The number of hydrogen-bond acceptors (Lipinski definition) is 5. The zero-order valence-electron chi connectivity index (χ0n) is 16.2. The summed E-state index contributed by atoms with van der Waals surface area (Å²) >= 11 is 0. The summed E-state index contributed by atoms with van der Waals surface area (Å²) in [7, 11) is 0. The van der Waals surface area contributed by atoms with Crippen molar-refractivity contribution in [2.24, 2.45) is 5.92 Å². The van der Waals surface area contributed by atoms with Crippen molar-refractivity contribution in [3.8, 4) is 0 Å². The summed E-state index contributed by atoms with van der Waals surface area (Å²) in [6, 6.07) is 7.97. The first-order chi connectivity index (χ1) is 13.7. The summed E-state index contributed by atoms with van der Waals surface area (Å²) < 4.78 is 6.89. The van der Waals surface area contributed by atoms with Crippen LogP contribution in [0.15, 0.2) is 35.3 Å². The van der Waals surface area contributed by atoms with Crippen molar-refractivity contribution >= 4 is 16.7 Å². The second kappa shape index (κ2) is 8.84. The fraction of sp³-hybridized carbons (Fsp3) is 0.571. The number of rotatable bonds is 5. The Hall–Kier alpha value is -2.25. The Morgan fingerprint density at radius 2 is 2.04 bits per heavy atom. The molecule has 2 saturated heterocycles. The van der Waals surface area contributed by atoms with E-state index >= 15 is 0 Å². The third-order valence-electron chi connectivity index (χ3n) is 5.92. The van der Waals surface area contributed by atoms with Crippen LogP contribution in [0.2, 0.25) is 0 Å². The van der Waals surface area contributed by atoms with E-state index in [2.05, 4.69) is 15.3 Å². The molecule has 1 atom stereocenters. The van der Waals surface area contributed by atoms with E-state index in [1.165, 1.54) is 4.68 Å². The van der Waals surface area contributed by atoms with Crippen molar-refractivity contribution < 1.29 is 9.53 Å². The average molecular weight is 384 g/mol. The number of carbonyl (C=O) groups is 1. The fourth-order valence-electron chi connectivity index (χ4n) is 4.32. The highest BCUT2D eigenvalue weighted by molar-refractivity contribution is 5.80. The summed E-state index contributed by atoms with van der Waals surface area (Å²) in [5, 5.41) is 8.72. The monoisotopic (exact) mass is 384 g/mol. The number of fused-ring (bicyclic) bond motifs is 1. The van der Waals surface area contributed by atoms with Crippen molar-refractivity contribution in [1.29, 1.82) is 0 Å². The van der Waals surface area contributed by atoms with Crippen LogP contribution in [0.1, 0.15) is 25.7 Å². The van der Waals surface area contributed by atoms with E-state index in [0.29, 0.717) is 24.5 Å². The van der Waals surface area contributed by atoms with Gasteiger partial charge in [0.15, 0.2) is 0 Å². The van der Waals surface area contributed by atoms with Crippen molar-refractivity contribution in [3.05, 3.63) is 40.8 Å². The van der Waals surface area contributed by atoms with E-state index in [9.17, 15) is 9.59 Å². The topological polar surface area (TPSA) is 76.5 Å². The van der Waals surface area contributed by atoms with Crippen LogP contribution in [0.3, 0.4) is 0 Å². The average Bonchev–Trinajstić information content (AvgIpc) is 2.76. The first kappa shape index (κ1) is 19.1. The molecule has 1 amide bonds. The molecule has 0 saturated carbocycles.